The summed E-state index contributed by atoms with van der Waals surface area (Å²) in [4.78, 5) is 15.6. The van der Waals surface area contributed by atoms with E-state index in [1.165, 1.54) is 0 Å². The Hall–Kier alpha value is -1.98. The summed E-state index contributed by atoms with van der Waals surface area (Å²) in [6, 6.07) is 0. The molecule has 0 radical (unpaired) electrons. The first-order valence-corrected chi connectivity index (χ1v) is 6.06. The van der Waals surface area contributed by atoms with Crippen molar-refractivity contribution in [2.24, 2.45) is 7.05 Å². The zero-order valence-electron chi connectivity index (χ0n) is 10.2. The highest BCUT2D eigenvalue weighted by Gasteiger charge is 2.25. The summed E-state index contributed by atoms with van der Waals surface area (Å²) in [7, 11) is 1.84. The van der Waals surface area contributed by atoms with Crippen molar-refractivity contribution in [3.63, 3.8) is 0 Å². The molecule has 1 saturated carbocycles. The fourth-order valence-corrected chi connectivity index (χ4v) is 2.24. The number of aryl methyl sites for hydroxylation is 1. The Labute approximate surface area is 104 Å². The number of Topliss-reactive ketones (excluding diaryl/α,β-unsaturated/α-hetero) is 1. The lowest BCUT2D eigenvalue weighted by Gasteiger charge is -2.16. The monoisotopic (exact) mass is 246 g/mol. The molecule has 3 rings (SSSR count). The van der Waals surface area contributed by atoms with Gasteiger partial charge in [-0.15, -0.1) is 0 Å². The van der Waals surface area contributed by atoms with Crippen molar-refractivity contribution in [3.8, 4) is 11.4 Å². The minimum Gasteiger partial charge on any atom is -0.339 e. The number of nitrogens with zero attached hydrogens (tertiary/aromatic N) is 4. The number of hydrogen-bond donors (Lipinski definition) is 0. The van der Waals surface area contributed by atoms with Crippen molar-refractivity contribution in [2.75, 3.05) is 0 Å². The van der Waals surface area contributed by atoms with Gasteiger partial charge in [0.25, 0.3) is 0 Å². The summed E-state index contributed by atoms with van der Waals surface area (Å²) in [5.41, 5.74) is 0.847. The third-order valence-electron chi connectivity index (χ3n) is 3.30. The highest BCUT2D eigenvalue weighted by molar-refractivity contribution is 5.79. The number of carbonyl (C=O) groups is 1. The quantitative estimate of drug-likeness (QED) is 0.806. The van der Waals surface area contributed by atoms with Gasteiger partial charge in [-0.1, -0.05) is 5.16 Å². The van der Waals surface area contributed by atoms with Gasteiger partial charge in [0.15, 0.2) is 0 Å². The van der Waals surface area contributed by atoms with Crippen LogP contribution >= 0.6 is 0 Å². The zero-order chi connectivity index (χ0) is 12.5. The third kappa shape index (κ3) is 2.05. The van der Waals surface area contributed by atoms with Gasteiger partial charge in [0.05, 0.1) is 11.8 Å². The summed E-state index contributed by atoms with van der Waals surface area (Å²) in [6.07, 6.45) is 6.42. The van der Waals surface area contributed by atoms with Gasteiger partial charge in [-0.2, -0.15) is 10.1 Å². The molecule has 0 N–H and O–H groups in total. The van der Waals surface area contributed by atoms with Gasteiger partial charge in [-0.05, 0) is 12.8 Å². The van der Waals surface area contributed by atoms with Crippen LogP contribution in [0.4, 0.5) is 0 Å². The van der Waals surface area contributed by atoms with E-state index in [0.717, 1.165) is 18.4 Å². The minimum atomic E-state index is 0.223. The lowest BCUT2D eigenvalue weighted by Crippen LogP contribution is -2.12. The maximum atomic E-state index is 11.2. The van der Waals surface area contributed by atoms with E-state index in [9.17, 15) is 4.79 Å². The Morgan fingerprint density at radius 3 is 2.83 bits per heavy atom. The molecule has 0 aromatic carbocycles. The van der Waals surface area contributed by atoms with Gasteiger partial charge in [-0.3, -0.25) is 9.48 Å². The largest absolute Gasteiger partial charge is 0.339 e. The van der Waals surface area contributed by atoms with Crippen LogP contribution in [0.1, 0.15) is 37.5 Å². The van der Waals surface area contributed by atoms with E-state index in [0.29, 0.717) is 30.3 Å². The van der Waals surface area contributed by atoms with Crippen molar-refractivity contribution < 1.29 is 9.32 Å². The molecule has 0 atom stereocenters. The molecule has 94 valence electrons. The molecule has 6 heteroatoms. The van der Waals surface area contributed by atoms with Gasteiger partial charge < -0.3 is 4.52 Å². The summed E-state index contributed by atoms with van der Waals surface area (Å²) < 4.78 is 6.99. The van der Waals surface area contributed by atoms with Gasteiger partial charge in [0.2, 0.25) is 11.7 Å². The van der Waals surface area contributed by atoms with Crippen LogP contribution < -0.4 is 0 Å². The van der Waals surface area contributed by atoms with E-state index < -0.39 is 0 Å². The molecule has 0 spiro atoms. The van der Waals surface area contributed by atoms with Gasteiger partial charge in [0.1, 0.15) is 5.78 Å². The average Bonchev–Trinajstić information content (AvgIpc) is 2.98. The molecule has 1 aliphatic rings. The average molecular weight is 246 g/mol. The molecule has 18 heavy (non-hydrogen) atoms. The van der Waals surface area contributed by atoms with Crippen molar-refractivity contribution in [2.45, 2.75) is 31.6 Å². The standard InChI is InChI=1S/C12H14N4O2/c1-16-7-9(6-13-16)11-14-12(18-15-11)8-2-4-10(17)5-3-8/h6-8H,2-5H2,1H3. The van der Waals surface area contributed by atoms with Crippen LogP contribution in [0, 0.1) is 0 Å². The Balaban J connectivity index is 1.79. The summed E-state index contributed by atoms with van der Waals surface area (Å²) >= 11 is 0. The van der Waals surface area contributed by atoms with Crippen LogP contribution in [0.5, 0.6) is 0 Å². The molecule has 0 amide bonds. The van der Waals surface area contributed by atoms with Crippen molar-refractivity contribution in [3.05, 3.63) is 18.3 Å². The van der Waals surface area contributed by atoms with Crippen LogP contribution in [0.25, 0.3) is 11.4 Å². The topological polar surface area (TPSA) is 73.8 Å². The van der Waals surface area contributed by atoms with Gasteiger partial charge in [0, 0.05) is 32.0 Å². The molecule has 1 fully saturated rings. The first-order chi connectivity index (χ1) is 8.72. The van der Waals surface area contributed by atoms with E-state index in [-0.39, 0.29) is 5.92 Å². The van der Waals surface area contributed by atoms with E-state index in [2.05, 4.69) is 15.2 Å². The fourth-order valence-electron chi connectivity index (χ4n) is 2.24. The van der Waals surface area contributed by atoms with Gasteiger partial charge >= 0.3 is 0 Å². The molecule has 0 saturated heterocycles. The van der Waals surface area contributed by atoms with E-state index >= 15 is 0 Å². The maximum Gasteiger partial charge on any atom is 0.230 e. The molecule has 2 aromatic rings. The predicted molar refractivity (Wildman–Crippen MR) is 62.7 cm³/mol. The van der Waals surface area contributed by atoms with E-state index in [1.54, 1.807) is 10.9 Å². The minimum absolute atomic E-state index is 0.223. The third-order valence-corrected chi connectivity index (χ3v) is 3.30. The van der Waals surface area contributed by atoms with Crippen molar-refractivity contribution in [1.29, 1.82) is 0 Å². The van der Waals surface area contributed by atoms with Crippen LogP contribution in [-0.4, -0.2) is 25.7 Å². The molecule has 1 aliphatic carbocycles. The molecule has 6 nitrogen and oxygen atoms in total. The van der Waals surface area contributed by atoms with Crippen LogP contribution in [0.3, 0.4) is 0 Å². The first-order valence-electron chi connectivity index (χ1n) is 6.06. The number of rotatable bonds is 2. The smallest absolute Gasteiger partial charge is 0.230 e. The second-order valence-electron chi connectivity index (χ2n) is 4.67. The highest BCUT2D eigenvalue weighted by Crippen LogP contribution is 2.31. The summed E-state index contributed by atoms with van der Waals surface area (Å²) in [6.45, 7) is 0. The molecule has 0 bridgehead atoms. The Morgan fingerprint density at radius 1 is 1.39 bits per heavy atom. The molecular formula is C12H14N4O2. The lowest BCUT2D eigenvalue weighted by molar-refractivity contribution is -0.120. The summed E-state index contributed by atoms with van der Waals surface area (Å²) in [5.74, 6) is 1.76. The van der Waals surface area contributed by atoms with E-state index in [1.807, 2.05) is 13.2 Å². The van der Waals surface area contributed by atoms with Crippen LogP contribution in [0.15, 0.2) is 16.9 Å². The first kappa shape index (κ1) is 11.1. The Kier molecular flexibility index (Phi) is 2.70. The van der Waals surface area contributed by atoms with Crippen LogP contribution in [-0.2, 0) is 11.8 Å². The number of aromatic nitrogens is 4. The SMILES string of the molecule is Cn1cc(-c2noc(C3CCC(=O)CC3)n2)cn1. The highest BCUT2D eigenvalue weighted by atomic mass is 16.5. The Bertz CT molecular complexity index is 562. The van der Waals surface area contributed by atoms with Crippen molar-refractivity contribution in [1.82, 2.24) is 19.9 Å². The molecule has 0 unspecified atom stereocenters. The second kappa shape index (κ2) is 4.36. The fraction of sp³-hybridized carbons (Fsp3) is 0.500. The van der Waals surface area contributed by atoms with E-state index in [4.69, 9.17) is 4.52 Å². The molecular weight excluding hydrogens is 232 g/mol. The summed E-state index contributed by atoms with van der Waals surface area (Å²) in [5, 5.41) is 8.04. The number of carbonyl (C=O) groups excluding carboxylic acids is 1. The predicted octanol–water partition coefficient (Wildman–Crippen LogP) is 1.70. The second-order valence-corrected chi connectivity index (χ2v) is 4.67. The Morgan fingerprint density at radius 2 is 2.17 bits per heavy atom. The molecule has 2 aromatic heterocycles. The molecule has 2 heterocycles. The van der Waals surface area contributed by atoms with Crippen LogP contribution in [0.2, 0.25) is 0 Å². The number of hydrogen-bond acceptors (Lipinski definition) is 5. The van der Waals surface area contributed by atoms with Crippen molar-refractivity contribution >= 4 is 5.78 Å². The maximum absolute atomic E-state index is 11.2. The number of ketones is 1. The molecule has 0 aliphatic heterocycles. The van der Waals surface area contributed by atoms with Gasteiger partial charge in [-0.25, -0.2) is 0 Å². The normalized spacial score (nSPS) is 17.3. The zero-order valence-corrected chi connectivity index (χ0v) is 10.2. The lowest BCUT2D eigenvalue weighted by atomic mass is 9.88.